The Morgan fingerprint density at radius 3 is 1.81 bits per heavy atom. The summed E-state index contributed by atoms with van der Waals surface area (Å²) in [7, 11) is 0. The summed E-state index contributed by atoms with van der Waals surface area (Å²) in [6.07, 6.45) is 6.86. The number of hydrogen-bond acceptors (Lipinski definition) is 3. The van der Waals surface area contributed by atoms with Crippen molar-refractivity contribution in [2.24, 2.45) is 5.10 Å². The van der Waals surface area contributed by atoms with Crippen molar-refractivity contribution < 1.29 is 0 Å². The quantitative estimate of drug-likeness (QED) is 0.147. The predicted molar refractivity (Wildman–Crippen MR) is 178 cm³/mol. The van der Waals surface area contributed by atoms with Gasteiger partial charge in [0.25, 0.3) is 0 Å². The number of aryl methyl sites for hydroxylation is 2. The molecule has 0 saturated carbocycles. The molecule has 7 rings (SSSR count). The van der Waals surface area contributed by atoms with E-state index in [9.17, 15) is 0 Å². The van der Waals surface area contributed by atoms with E-state index in [1.807, 2.05) is 29.4 Å². The maximum Gasteiger partial charge on any atom is 0.0659 e. The highest BCUT2D eigenvalue weighted by Crippen LogP contribution is 2.37. The Labute approximate surface area is 248 Å². The number of hydrazone groups is 1. The number of nitrogens with zero attached hydrogens (tertiary/aromatic N) is 3. The third-order valence-electron chi connectivity index (χ3n) is 8.06. The first-order chi connectivity index (χ1) is 20.8. The lowest BCUT2D eigenvalue weighted by molar-refractivity contribution is 0.685. The Bertz CT molecular complexity index is 1830. The molecule has 0 spiro atoms. The van der Waals surface area contributed by atoms with Crippen LogP contribution in [-0.4, -0.2) is 6.21 Å². The van der Waals surface area contributed by atoms with Gasteiger partial charge in [0.2, 0.25) is 0 Å². The van der Waals surface area contributed by atoms with E-state index >= 15 is 0 Å². The first-order valence-electron chi connectivity index (χ1n) is 14.8. The molecule has 0 heterocycles. The van der Waals surface area contributed by atoms with Crippen molar-refractivity contribution in [3.8, 4) is 0 Å². The van der Waals surface area contributed by atoms with Crippen LogP contribution in [0.5, 0.6) is 0 Å². The molecule has 1 aliphatic rings. The normalized spacial score (nSPS) is 12.8. The third kappa shape index (κ3) is 5.42. The van der Waals surface area contributed by atoms with Crippen molar-refractivity contribution in [1.82, 2.24) is 0 Å². The molecule has 6 aromatic rings. The first kappa shape index (κ1) is 25.8. The number of benzene rings is 6. The minimum Gasteiger partial charge on any atom is -0.310 e. The van der Waals surface area contributed by atoms with Crippen LogP contribution in [0, 0.1) is 0 Å². The molecule has 0 unspecified atom stereocenters. The van der Waals surface area contributed by atoms with Gasteiger partial charge >= 0.3 is 0 Å². The average molecular weight is 544 g/mol. The zero-order valence-corrected chi connectivity index (χ0v) is 23.6. The van der Waals surface area contributed by atoms with E-state index in [-0.39, 0.29) is 0 Å². The summed E-state index contributed by atoms with van der Waals surface area (Å²) in [5.74, 6) is 0. The summed E-state index contributed by atoms with van der Waals surface area (Å²) in [6, 6.07) is 51.5. The summed E-state index contributed by atoms with van der Waals surface area (Å²) in [5, 5.41) is 9.39. The van der Waals surface area contributed by atoms with Crippen LogP contribution in [0.2, 0.25) is 0 Å². The summed E-state index contributed by atoms with van der Waals surface area (Å²) < 4.78 is 0. The highest BCUT2D eigenvalue weighted by molar-refractivity contribution is 5.88. The highest BCUT2D eigenvalue weighted by atomic mass is 15.5. The molecule has 1 aliphatic carbocycles. The van der Waals surface area contributed by atoms with Crippen LogP contribution >= 0.6 is 0 Å². The van der Waals surface area contributed by atoms with Crippen LogP contribution in [-0.2, 0) is 12.8 Å². The summed E-state index contributed by atoms with van der Waals surface area (Å²) in [5.41, 5.74) is 9.55. The van der Waals surface area contributed by atoms with Gasteiger partial charge in [-0.15, -0.1) is 0 Å². The lowest BCUT2D eigenvalue weighted by atomic mass is 9.91. The lowest BCUT2D eigenvalue weighted by Crippen LogP contribution is -2.12. The van der Waals surface area contributed by atoms with E-state index in [0.29, 0.717) is 0 Å². The molecule has 3 nitrogen and oxygen atoms in total. The molecule has 0 N–H and O–H groups in total. The highest BCUT2D eigenvalue weighted by Gasteiger charge is 2.16. The molecular formula is C39H33N3. The average Bonchev–Trinajstić information content (AvgIpc) is 3.06. The van der Waals surface area contributed by atoms with Crippen molar-refractivity contribution in [3.63, 3.8) is 0 Å². The second-order valence-corrected chi connectivity index (χ2v) is 10.8. The molecule has 0 amide bonds. The van der Waals surface area contributed by atoms with Crippen molar-refractivity contribution in [2.45, 2.75) is 25.7 Å². The number of fused-ring (bicyclic) bond motifs is 2. The van der Waals surface area contributed by atoms with Crippen LogP contribution < -0.4 is 9.91 Å². The second kappa shape index (κ2) is 11.8. The van der Waals surface area contributed by atoms with Crippen LogP contribution in [0.4, 0.5) is 28.4 Å². The molecule has 0 saturated heterocycles. The number of rotatable bonds is 7. The maximum atomic E-state index is 4.98. The maximum absolute atomic E-state index is 4.98. The Kier molecular flexibility index (Phi) is 7.22. The minimum absolute atomic E-state index is 1.02. The van der Waals surface area contributed by atoms with E-state index in [1.54, 1.807) is 0 Å². The summed E-state index contributed by atoms with van der Waals surface area (Å²) in [4.78, 5) is 2.35. The van der Waals surface area contributed by atoms with Gasteiger partial charge in [-0.1, -0.05) is 84.9 Å². The fourth-order valence-electron chi connectivity index (χ4n) is 5.88. The minimum atomic E-state index is 1.02. The number of anilines is 5. The zero-order valence-electron chi connectivity index (χ0n) is 23.6. The molecule has 0 aromatic heterocycles. The van der Waals surface area contributed by atoms with Crippen LogP contribution in [0.25, 0.3) is 10.8 Å². The molecule has 6 aromatic carbocycles. The molecular weight excluding hydrogens is 510 g/mol. The van der Waals surface area contributed by atoms with E-state index in [1.165, 1.54) is 46.8 Å². The summed E-state index contributed by atoms with van der Waals surface area (Å²) >= 11 is 0. The molecule has 3 heteroatoms. The Balaban J connectivity index is 1.21. The van der Waals surface area contributed by atoms with Crippen molar-refractivity contribution in [2.75, 3.05) is 9.91 Å². The van der Waals surface area contributed by atoms with Crippen molar-refractivity contribution in [1.29, 1.82) is 0 Å². The number of hydrogen-bond donors (Lipinski definition) is 0. The van der Waals surface area contributed by atoms with E-state index in [0.717, 1.165) is 34.7 Å². The first-order valence-corrected chi connectivity index (χ1v) is 14.8. The largest absolute Gasteiger partial charge is 0.310 e. The van der Waals surface area contributed by atoms with Gasteiger partial charge in [0, 0.05) is 17.1 Å². The predicted octanol–water partition coefficient (Wildman–Crippen LogP) is 10.4. The second-order valence-electron chi connectivity index (χ2n) is 10.8. The van der Waals surface area contributed by atoms with Gasteiger partial charge in [-0.05, 0) is 114 Å². The smallest absolute Gasteiger partial charge is 0.0659 e. The lowest BCUT2D eigenvalue weighted by Gasteiger charge is -2.27. The number of para-hydroxylation sites is 2. The van der Waals surface area contributed by atoms with Crippen LogP contribution in [0.15, 0.2) is 151 Å². The molecule has 0 atom stereocenters. The Morgan fingerprint density at radius 2 is 1.05 bits per heavy atom. The van der Waals surface area contributed by atoms with Gasteiger partial charge in [0.1, 0.15) is 0 Å². The van der Waals surface area contributed by atoms with Gasteiger partial charge in [-0.2, -0.15) is 5.10 Å². The van der Waals surface area contributed by atoms with Crippen LogP contribution in [0.1, 0.15) is 29.5 Å². The molecule has 204 valence electrons. The fourth-order valence-corrected chi connectivity index (χ4v) is 5.88. The molecule has 0 bridgehead atoms. The van der Waals surface area contributed by atoms with Crippen LogP contribution in [0.3, 0.4) is 0 Å². The van der Waals surface area contributed by atoms with Crippen molar-refractivity contribution in [3.05, 3.63) is 162 Å². The van der Waals surface area contributed by atoms with Gasteiger partial charge in [0.05, 0.1) is 17.6 Å². The molecule has 0 aliphatic heterocycles. The standard InChI is InChI=1S/C39H33N3/c1-3-15-35(16-4-1)41(38-25-21-31-11-7-9-13-33(31)27-38)36-23-19-30(20-24-36)29-40-42(37-17-5-2-6-18-37)39-26-22-32-12-8-10-14-34(32)28-39/h1-6,8,10,12,14-29H,7,9,11,13H2. The van der Waals surface area contributed by atoms with E-state index in [2.05, 4.69) is 132 Å². The van der Waals surface area contributed by atoms with Crippen molar-refractivity contribution >= 4 is 45.4 Å². The molecule has 0 radical (unpaired) electrons. The monoisotopic (exact) mass is 543 g/mol. The van der Waals surface area contributed by atoms with Gasteiger partial charge in [-0.3, -0.25) is 0 Å². The zero-order chi connectivity index (χ0) is 28.1. The third-order valence-corrected chi connectivity index (χ3v) is 8.06. The van der Waals surface area contributed by atoms with Gasteiger partial charge in [0.15, 0.2) is 0 Å². The van der Waals surface area contributed by atoms with Gasteiger partial charge in [-0.25, -0.2) is 5.01 Å². The topological polar surface area (TPSA) is 18.8 Å². The SMILES string of the molecule is C(=NN(c1ccccc1)c1ccc2ccccc2c1)c1ccc(N(c2ccccc2)c2ccc3c(c2)CCCC3)cc1. The van der Waals surface area contributed by atoms with E-state index < -0.39 is 0 Å². The molecule has 42 heavy (non-hydrogen) atoms. The fraction of sp³-hybridized carbons (Fsp3) is 0.103. The molecule has 0 fully saturated rings. The summed E-state index contributed by atoms with van der Waals surface area (Å²) in [6.45, 7) is 0. The Morgan fingerprint density at radius 1 is 0.452 bits per heavy atom. The Hall–Kier alpha value is -5.15. The van der Waals surface area contributed by atoms with E-state index in [4.69, 9.17) is 5.10 Å². The van der Waals surface area contributed by atoms with Gasteiger partial charge < -0.3 is 4.90 Å².